The minimum absolute atomic E-state index is 0. The average Bonchev–Trinajstić information content (AvgIpc) is 2.75. The van der Waals surface area contributed by atoms with E-state index in [2.05, 4.69) is 22.2 Å². The second-order valence-electron chi connectivity index (χ2n) is 8.86. The molecule has 0 aromatic heterocycles. The van der Waals surface area contributed by atoms with Gasteiger partial charge in [-0.25, -0.2) is 8.37 Å². The molecular formula is C24H55MgNaO8S2. The van der Waals surface area contributed by atoms with E-state index in [0.29, 0.717) is 12.8 Å². The van der Waals surface area contributed by atoms with E-state index >= 15 is 0 Å². The van der Waals surface area contributed by atoms with Crippen LogP contribution < -0.4 is 0 Å². The van der Waals surface area contributed by atoms with Crippen LogP contribution in [0.3, 0.4) is 0 Å². The van der Waals surface area contributed by atoms with E-state index in [1.54, 1.807) is 0 Å². The zero-order chi connectivity index (χ0) is 26.0. The summed E-state index contributed by atoms with van der Waals surface area (Å²) in [6, 6.07) is 0. The van der Waals surface area contributed by atoms with E-state index in [9.17, 15) is 16.8 Å². The van der Waals surface area contributed by atoms with Gasteiger partial charge in [0.2, 0.25) is 0 Å². The Bertz CT molecular complexity index is 566. The Hall–Kier alpha value is 1.51. The normalized spacial score (nSPS) is 11.2. The molecule has 214 valence electrons. The molecule has 0 aliphatic rings. The summed E-state index contributed by atoms with van der Waals surface area (Å²) in [6.07, 6.45) is 23.7. The van der Waals surface area contributed by atoms with E-state index in [4.69, 9.17) is 9.11 Å². The van der Waals surface area contributed by atoms with Crippen LogP contribution in [0.4, 0.5) is 0 Å². The molecule has 2 N–H and O–H groups in total. The third kappa shape index (κ3) is 48.6. The predicted molar refractivity (Wildman–Crippen MR) is 154 cm³/mol. The van der Waals surface area contributed by atoms with Crippen LogP contribution in [0.25, 0.3) is 0 Å². The van der Waals surface area contributed by atoms with Crippen LogP contribution in [0.1, 0.15) is 142 Å². The van der Waals surface area contributed by atoms with Crippen molar-refractivity contribution in [2.45, 2.75) is 142 Å². The molecule has 0 rings (SSSR count). The van der Waals surface area contributed by atoms with Gasteiger partial charge in [-0.2, -0.15) is 16.8 Å². The van der Waals surface area contributed by atoms with Gasteiger partial charge in [-0.1, -0.05) is 129 Å². The predicted octanol–water partition coefficient (Wildman–Crippen LogP) is 5.89. The molecule has 0 aromatic carbocycles. The van der Waals surface area contributed by atoms with Gasteiger partial charge < -0.3 is 0 Å². The molecular weight excluding hydrogens is 528 g/mol. The van der Waals surface area contributed by atoms with Gasteiger partial charge >= 0.3 is 73.4 Å². The molecule has 0 radical (unpaired) electrons. The van der Waals surface area contributed by atoms with Crippen molar-refractivity contribution in [3.05, 3.63) is 0 Å². The van der Waals surface area contributed by atoms with Crippen LogP contribution in [0.5, 0.6) is 0 Å². The van der Waals surface area contributed by atoms with Crippen LogP contribution in [0, 0.1) is 0 Å². The summed E-state index contributed by atoms with van der Waals surface area (Å²) < 4.78 is 66.0. The molecule has 12 heteroatoms. The van der Waals surface area contributed by atoms with E-state index < -0.39 is 20.8 Å². The van der Waals surface area contributed by atoms with Gasteiger partial charge in [0, 0.05) is 0 Å². The van der Waals surface area contributed by atoms with Crippen molar-refractivity contribution in [2.75, 3.05) is 13.2 Å². The summed E-state index contributed by atoms with van der Waals surface area (Å²) in [5.41, 5.74) is 0. The first-order valence-electron chi connectivity index (χ1n) is 13.4. The zero-order valence-corrected chi connectivity index (χ0v) is 23.3. The van der Waals surface area contributed by atoms with Gasteiger partial charge in [-0.3, -0.25) is 9.11 Å². The number of hydrogen-bond donors (Lipinski definition) is 2. The van der Waals surface area contributed by atoms with E-state index in [-0.39, 0.29) is 65.8 Å². The molecule has 0 aromatic rings. The van der Waals surface area contributed by atoms with Crippen LogP contribution in [0.15, 0.2) is 0 Å². The fourth-order valence-corrected chi connectivity index (χ4v) is 4.16. The third-order valence-corrected chi connectivity index (χ3v) is 6.39. The fourth-order valence-electron chi connectivity index (χ4n) is 3.51. The quantitative estimate of drug-likeness (QED) is 0.0819. The van der Waals surface area contributed by atoms with Crippen molar-refractivity contribution < 1.29 is 34.3 Å². The van der Waals surface area contributed by atoms with Gasteiger partial charge in [0.05, 0.1) is 13.2 Å². The van der Waals surface area contributed by atoms with E-state index in [1.807, 2.05) is 0 Å². The molecule has 36 heavy (non-hydrogen) atoms. The van der Waals surface area contributed by atoms with Crippen molar-refractivity contribution in [1.82, 2.24) is 0 Å². The second-order valence-corrected chi connectivity index (χ2v) is 11.0. The molecule has 0 unspecified atom stereocenters. The summed E-state index contributed by atoms with van der Waals surface area (Å²) in [4.78, 5) is 0. The Labute approximate surface area is 261 Å². The molecule has 0 fully saturated rings. The van der Waals surface area contributed by atoms with Crippen molar-refractivity contribution in [1.29, 1.82) is 0 Å². The Morgan fingerprint density at radius 1 is 0.444 bits per heavy atom. The Morgan fingerprint density at radius 2 is 0.639 bits per heavy atom. The fraction of sp³-hybridized carbons (Fsp3) is 1.00. The van der Waals surface area contributed by atoms with E-state index in [1.165, 1.54) is 89.9 Å². The summed E-state index contributed by atoms with van der Waals surface area (Å²) in [5.74, 6) is 0. The molecule has 0 heterocycles. The van der Waals surface area contributed by atoms with Crippen LogP contribution in [-0.2, 0) is 29.2 Å². The van der Waals surface area contributed by atoms with Gasteiger partial charge in [0.1, 0.15) is 0 Å². The average molecular weight is 583 g/mol. The number of rotatable bonds is 24. The molecule has 8 nitrogen and oxygen atoms in total. The van der Waals surface area contributed by atoms with Gasteiger partial charge in [-0.15, -0.1) is 0 Å². The van der Waals surface area contributed by atoms with Gasteiger partial charge in [0.15, 0.2) is 0 Å². The summed E-state index contributed by atoms with van der Waals surface area (Å²) in [6.45, 7) is 4.62. The second kappa shape index (κ2) is 32.7. The molecule has 0 saturated heterocycles. The van der Waals surface area contributed by atoms with Crippen molar-refractivity contribution in [2.24, 2.45) is 0 Å². The van der Waals surface area contributed by atoms with Gasteiger partial charge in [0.25, 0.3) is 0 Å². The van der Waals surface area contributed by atoms with Crippen LogP contribution in [0.2, 0.25) is 0 Å². The van der Waals surface area contributed by atoms with Crippen LogP contribution in [-0.4, -0.2) is 91.8 Å². The van der Waals surface area contributed by atoms with Crippen molar-refractivity contribution in [3.63, 3.8) is 0 Å². The number of unbranched alkanes of at least 4 members (excludes halogenated alkanes) is 18. The maximum absolute atomic E-state index is 10.2. The standard InChI is InChI=1S/2C12H26O4S.Mg.Na.3H/c2*1-2-3-4-5-6-7-8-9-10-11-12-16-17(13,14)15;;;;;/h2*2-12H2,1H3,(H,13,14,15);;;;;. The molecule has 0 spiro atoms. The molecule has 0 saturated carbocycles. The molecule has 0 aliphatic carbocycles. The van der Waals surface area contributed by atoms with Crippen LogP contribution >= 0.6 is 0 Å². The van der Waals surface area contributed by atoms with E-state index in [0.717, 1.165) is 25.7 Å². The topological polar surface area (TPSA) is 127 Å². The third-order valence-electron chi connectivity index (χ3n) is 5.46. The molecule has 0 amide bonds. The SMILES string of the molecule is CCCCCCCCCCCCOS(=O)(=O)O.CCCCCCCCCCCCOS(=O)(=O)O.[MgH2].[NaH]. The zero-order valence-electron chi connectivity index (χ0n) is 21.7. The Morgan fingerprint density at radius 3 is 0.833 bits per heavy atom. The summed E-state index contributed by atoms with van der Waals surface area (Å²) >= 11 is 0. The monoisotopic (exact) mass is 582 g/mol. The van der Waals surface area contributed by atoms with Gasteiger partial charge in [-0.05, 0) is 12.8 Å². The van der Waals surface area contributed by atoms with Crippen molar-refractivity contribution in [3.8, 4) is 0 Å². The minimum atomic E-state index is -4.23. The summed E-state index contributed by atoms with van der Waals surface area (Å²) in [5, 5.41) is 0. The molecule has 0 atom stereocenters. The molecule has 0 bridgehead atoms. The van der Waals surface area contributed by atoms with Crippen molar-refractivity contribution >= 4 is 73.4 Å². The number of hydrogen-bond acceptors (Lipinski definition) is 6. The maximum atomic E-state index is 10.2. The first-order valence-corrected chi connectivity index (χ1v) is 16.1. The molecule has 0 aliphatic heterocycles. The Balaban J connectivity index is -0.000000269. The first-order chi connectivity index (χ1) is 16.1. The summed E-state index contributed by atoms with van der Waals surface area (Å²) in [7, 11) is -8.47. The first kappa shape index (κ1) is 44.5. The Kier molecular flexibility index (Phi) is 40.5.